The van der Waals surface area contributed by atoms with Crippen LogP contribution in [0.1, 0.15) is 12.0 Å². The molecule has 3 rings (SSSR count). The molecule has 1 aliphatic heterocycles. The maximum atomic E-state index is 13.6. The average Bonchev–Trinajstić information content (AvgIpc) is 3.10. The molecule has 10 heteroatoms. The number of rotatable bonds is 5. The van der Waals surface area contributed by atoms with Crippen LogP contribution in [-0.4, -0.2) is 30.8 Å². The van der Waals surface area contributed by atoms with Crippen molar-refractivity contribution in [2.45, 2.75) is 13.3 Å². The molecular weight excluding hydrogens is 467 g/mol. The van der Waals surface area contributed by atoms with E-state index in [1.165, 1.54) is 4.90 Å². The molecule has 0 radical (unpaired) electrons. The Labute approximate surface area is 178 Å². The molecule has 0 aliphatic carbocycles. The normalized spacial score (nSPS) is 16.0. The molecule has 1 unspecified atom stereocenters. The second-order valence-electron chi connectivity index (χ2n) is 6.83. The molecule has 0 bridgehead atoms. The SMILES string of the molecule is Cc1cc(N2CC(C(=O)NCC(=O)Nc3ccc(F)c(F)c3F)CC2=O)ccc1Br. The van der Waals surface area contributed by atoms with E-state index in [0.717, 1.165) is 16.1 Å². The van der Waals surface area contributed by atoms with Gasteiger partial charge >= 0.3 is 0 Å². The molecular formula is C20H17BrF3N3O3. The molecule has 0 saturated carbocycles. The zero-order valence-corrected chi connectivity index (χ0v) is 17.4. The molecule has 3 amide bonds. The van der Waals surface area contributed by atoms with Crippen molar-refractivity contribution >= 4 is 45.0 Å². The Bertz CT molecular complexity index is 1030. The molecule has 0 spiro atoms. The van der Waals surface area contributed by atoms with E-state index < -0.39 is 47.4 Å². The van der Waals surface area contributed by atoms with Gasteiger partial charge in [-0.15, -0.1) is 0 Å². The number of anilines is 2. The van der Waals surface area contributed by atoms with Gasteiger partial charge in [0.05, 0.1) is 18.2 Å². The second-order valence-corrected chi connectivity index (χ2v) is 7.68. The molecule has 1 saturated heterocycles. The van der Waals surface area contributed by atoms with Crippen molar-refractivity contribution in [1.82, 2.24) is 5.32 Å². The van der Waals surface area contributed by atoms with E-state index >= 15 is 0 Å². The van der Waals surface area contributed by atoms with Gasteiger partial charge in [-0.1, -0.05) is 15.9 Å². The first-order valence-corrected chi connectivity index (χ1v) is 9.74. The third kappa shape index (κ3) is 4.64. The van der Waals surface area contributed by atoms with E-state index in [1.807, 2.05) is 19.1 Å². The minimum Gasteiger partial charge on any atom is -0.347 e. The number of amides is 3. The quantitative estimate of drug-likeness (QED) is 0.640. The van der Waals surface area contributed by atoms with E-state index in [4.69, 9.17) is 0 Å². The summed E-state index contributed by atoms with van der Waals surface area (Å²) in [5.74, 6) is -6.82. The van der Waals surface area contributed by atoms with Gasteiger partial charge in [0.1, 0.15) is 0 Å². The monoisotopic (exact) mass is 483 g/mol. The van der Waals surface area contributed by atoms with Crippen LogP contribution in [0.5, 0.6) is 0 Å². The summed E-state index contributed by atoms with van der Waals surface area (Å²) in [6, 6.07) is 6.95. The van der Waals surface area contributed by atoms with Gasteiger partial charge in [0.15, 0.2) is 17.5 Å². The number of hydrogen-bond acceptors (Lipinski definition) is 3. The molecule has 2 aromatic carbocycles. The van der Waals surface area contributed by atoms with Crippen molar-refractivity contribution in [1.29, 1.82) is 0 Å². The summed E-state index contributed by atoms with van der Waals surface area (Å²) in [4.78, 5) is 38.1. The van der Waals surface area contributed by atoms with Crippen LogP contribution in [0.15, 0.2) is 34.8 Å². The molecule has 1 fully saturated rings. The predicted octanol–water partition coefficient (Wildman–Crippen LogP) is 3.28. The zero-order chi connectivity index (χ0) is 22.0. The highest BCUT2D eigenvalue weighted by molar-refractivity contribution is 9.10. The largest absolute Gasteiger partial charge is 0.347 e. The Morgan fingerprint density at radius 1 is 1.17 bits per heavy atom. The Hall–Kier alpha value is -2.88. The second kappa shape index (κ2) is 8.86. The van der Waals surface area contributed by atoms with Crippen molar-refractivity contribution in [2.75, 3.05) is 23.3 Å². The van der Waals surface area contributed by atoms with Crippen LogP contribution < -0.4 is 15.5 Å². The van der Waals surface area contributed by atoms with Crippen molar-refractivity contribution in [3.8, 4) is 0 Å². The minimum absolute atomic E-state index is 0.0135. The third-order valence-electron chi connectivity index (χ3n) is 4.68. The topological polar surface area (TPSA) is 78.5 Å². The van der Waals surface area contributed by atoms with Gasteiger partial charge in [0.25, 0.3) is 0 Å². The lowest BCUT2D eigenvalue weighted by Crippen LogP contribution is -2.38. The number of nitrogens with zero attached hydrogens (tertiary/aromatic N) is 1. The lowest BCUT2D eigenvalue weighted by atomic mass is 10.1. The Morgan fingerprint density at radius 3 is 2.60 bits per heavy atom. The van der Waals surface area contributed by atoms with Gasteiger partial charge in [0, 0.05) is 23.1 Å². The summed E-state index contributed by atoms with van der Waals surface area (Å²) in [6.45, 7) is 1.53. The summed E-state index contributed by atoms with van der Waals surface area (Å²) in [7, 11) is 0. The van der Waals surface area contributed by atoms with Crippen molar-refractivity contribution in [3.63, 3.8) is 0 Å². The van der Waals surface area contributed by atoms with Gasteiger partial charge in [-0.05, 0) is 42.8 Å². The van der Waals surface area contributed by atoms with Crippen molar-refractivity contribution < 1.29 is 27.6 Å². The number of benzene rings is 2. The van der Waals surface area contributed by atoms with Crippen LogP contribution in [0.4, 0.5) is 24.5 Å². The van der Waals surface area contributed by atoms with E-state index in [2.05, 4.69) is 26.6 Å². The van der Waals surface area contributed by atoms with Crippen LogP contribution in [0, 0.1) is 30.3 Å². The maximum absolute atomic E-state index is 13.6. The molecule has 1 heterocycles. The molecule has 0 aromatic heterocycles. The lowest BCUT2D eigenvalue weighted by molar-refractivity contribution is -0.127. The maximum Gasteiger partial charge on any atom is 0.243 e. The van der Waals surface area contributed by atoms with E-state index in [-0.39, 0.29) is 18.9 Å². The number of carbonyl (C=O) groups excluding carboxylic acids is 3. The molecule has 6 nitrogen and oxygen atoms in total. The van der Waals surface area contributed by atoms with Gasteiger partial charge < -0.3 is 15.5 Å². The first kappa shape index (κ1) is 21.8. The highest BCUT2D eigenvalue weighted by Crippen LogP contribution is 2.28. The molecule has 158 valence electrons. The first-order valence-electron chi connectivity index (χ1n) is 8.95. The van der Waals surface area contributed by atoms with Crippen molar-refractivity contribution in [2.24, 2.45) is 5.92 Å². The summed E-state index contributed by atoms with van der Waals surface area (Å²) in [5.41, 5.74) is 1.07. The third-order valence-corrected chi connectivity index (χ3v) is 5.57. The standard InChI is InChI=1S/C20H17BrF3N3O3/c1-10-6-12(2-3-13(10)21)27-9-11(7-17(27)29)20(30)25-8-16(28)26-15-5-4-14(22)18(23)19(15)24/h2-6,11H,7-9H2,1H3,(H,25,30)(H,26,28). The van der Waals surface area contributed by atoms with Crippen LogP contribution in [0.25, 0.3) is 0 Å². The van der Waals surface area contributed by atoms with E-state index in [1.54, 1.807) is 6.07 Å². The molecule has 1 atom stereocenters. The first-order chi connectivity index (χ1) is 14.2. The summed E-state index contributed by atoms with van der Waals surface area (Å²) >= 11 is 3.39. The van der Waals surface area contributed by atoms with Gasteiger partial charge in [-0.3, -0.25) is 14.4 Å². The predicted molar refractivity (Wildman–Crippen MR) is 107 cm³/mol. The molecule has 2 N–H and O–H groups in total. The van der Waals surface area contributed by atoms with E-state index in [0.29, 0.717) is 11.8 Å². The molecule has 1 aliphatic rings. The Kier molecular flexibility index (Phi) is 6.45. The average molecular weight is 484 g/mol. The smallest absolute Gasteiger partial charge is 0.243 e. The van der Waals surface area contributed by atoms with Crippen LogP contribution in [0.2, 0.25) is 0 Å². The Balaban J connectivity index is 1.56. The highest BCUT2D eigenvalue weighted by atomic mass is 79.9. The lowest BCUT2D eigenvalue weighted by Gasteiger charge is -2.17. The number of carbonyl (C=O) groups is 3. The number of nitrogens with one attached hydrogen (secondary N) is 2. The molecule has 2 aromatic rings. The van der Waals surface area contributed by atoms with Gasteiger partial charge in [0.2, 0.25) is 17.7 Å². The van der Waals surface area contributed by atoms with E-state index in [9.17, 15) is 27.6 Å². The fraction of sp³-hybridized carbons (Fsp3) is 0.250. The van der Waals surface area contributed by atoms with Gasteiger partial charge in [-0.25, -0.2) is 13.2 Å². The fourth-order valence-electron chi connectivity index (χ4n) is 3.06. The summed E-state index contributed by atoms with van der Waals surface area (Å²) in [5, 5.41) is 4.44. The highest BCUT2D eigenvalue weighted by Gasteiger charge is 2.35. The fourth-order valence-corrected chi connectivity index (χ4v) is 3.30. The molecule has 30 heavy (non-hydrogen) atoms. The number of hydrogen-bond donors (Lipinski definition) is 2. The minimum atomic E-state index is -1.70. The number of halogens is 4. The van der Waals surface area contributed by atoms with Gasteiger partial charge in [-0.2, -0.15) is 0 Å². The zero-order valence-electron chi connectivity index (χ0n) is 15.8. The summed E-state index contributed by atoms with van der Waals surface area (Å²) < 4.78 is 40.6. The van der Waals surface area contributed by atoms with Crippen LogP contribution in [0.3, 0.4) is 0 Å². The van der Waals surface area contributed by atoms with Crippen molar-refractivity contribution in [3.05, 3.63) is 57.8 Å². The van der Waals surface area contributed by atoms with Crippen LogP contribution >= 0.6 is 15.9 Å². The Morgan fingerprint density at radius 2 is 1.90 bits per heavy atom. The number of aryl methyl sites for hydroxylation is 1. The summed E-state index contributed by atoms with van der Waals surface area (Å²) in [6.07, 6.45) is -0.0135. The van der Waals surface area contributed by atoms with Crippen LogP contribution in [-0.2, 0) is 14.4 Å².